The van der Waals surface area contributed by atoms with Gasteiger partial charge in [0.25, 0.3) is 5.91 Å². The van der Waals surface area contributed by atoms with Gasteiger partial charge in [0.1, 0.15) is 16.5 Å². The summed E-state index contributed by atoms with van der Waals surface area (Å²) in [5.41, 5.74) is 3.24. The van der Waals surface area contributed by atoms with Crippen LogP contribution in [0.25, 0.3) is 0 Å². The summed E-state index contributed by atoms with van der Waals surface area (Å²) in [4.78, 5) is 31.0. The Morgan fingerprint density at radius 1 is 1.10 bits per heavy atom. The van der Waals surface area contributed by atoms with Crippen LogP contribution in [0, 0.1) is 0 Å². The van der Waals surface area contributed by atoms with Crippen LogP contribution in [0.15, 0.2) is 42.6 Å². The van der Waals surface area contributed by atoms with Crippen LogP contribution in [0.5, 0.6) is 17.4 Å². The number of nitrogens with one attached hydrogen (secondary N) is 1. The second-order valence-electron chi connectivity index (χ2n) is 11.7. The van der Waals surface area contributed by atoms with Crippen LogP contribution in [0.2, 0.25) is 5.02 Å². The van der Waals surface area contributed by atoms with E-state index in [2.05, 4.69) is 50.1 Å². The largest absolute Gasteiger partial charge is 0.494 e. The number of hydrogen-bond acceptors (Lipinski definition) is 9. The predicted molar refractivity (Wildman–Crippen MR) is 158 cm³/mol. The van der Waals surface area contributed by atoms with Crippen molar-refractivity contribution >= 4 is 34.8 Å². The van der Waals surface area contributed by atoms with Crippen LogP contribution < -0.4 is 19.7 Å². The minimum Gasteiger partial charge on any atom is -0.494 e. The molecule has 11 heteroatoms. The normalized spacial score (nSPS) is 19.8. The fraction of sp³-hybridized carbons (Fsp3) is 0.433. The summed E-state index contributed by atoms with van der Waals surface area (Å²) >= 11 is 6.43. The lowest BCUT2D eigenvalue weighted by Crippen LogP contribution is -2.69. The SMILES string of the molecule is COc1cc(N2CC(N3CC(N(C)C)C3)C2)ccc1Nc1ncc(Cl)c(Oc2cccc3c2C(=O)N(C)C32CC2)n1. The molecule has 4 heterocycles. The van der Waals surface area contributed by atoms with E-state index >= 15 is 0 Å². The van der Waals surface area contributed by atoms with Gasteiger partial charge >= 0.3 is 0 Å². The number of amides is 1. The number of rotatable bonds is 8. The van der Waals surface area contributed by atoms with Gasteiger partial charge in [-0.05, 0) is 50.7 Å². The third-order valence-corrected chi connectivity index (χ3v) is 9.39. The average molecular weight is 576 g/mol. The number of aromatic nitrogens is 2. The standard InChI is InChI=1S/C30H34ClN7O3/c1-35(2)19-14-38(15-19)20-16-37(17-20)18-8-9-23(25(12-18)40-4)33-29-32-13-22(31)27(34-29)41-24-7-5-6-21-26(24)28(39)36(3)30(21)10-11-30/h5-9,12-13,19-20H,10-11,14-17H2,1-4H3,(H,32,33,34). The Kier molecular flexibility index (Phi) is 6.26. The summed E-state index contributed by atoms with van der Waals surface area (Å²) in [5, 5.41) is 3.49. The summed E-state index contributed by atoms with van der Waals surface area (Å²) in [6, 6.07) is 13.1. The van der Waals surface area contributed by atoms with Gasteiger partial charge in [-0.2, -0.15) is 4.98 Å². The maximum Gasteiger partial charge on any atom is 0.258 e. The zero-order valence-corrected chi connectivity index (χ0v) is 24.5. The molecule has 0 bridgehead atoms. The Bertz CT molecular complexity index is 1520. The number of ether oxygens (including phenoxy) is 2. The first-order valence-corrected chi connectivity index (χ1v) is 14.4. The minimum absolute atomic E-state index is 0.0439. The number of halogens is 1. The smallest absolute Gasteiger partial charge is 0.258 e. The molecule has 1 spiro atoms. The molecule has 1 N–H and O–H groups in total. The average Bonchev–Trinajstić information content (AvgIpc) is 3.69. The van der Waals surface area contributed by atoms with E-state index in [1.165, 1.54) is 6.20 Å². The van der Waals surface area contributed by atoms with Crippen LogP contribution in [0.3, 0.4) is 0 Å². The number of nitrogens with zero attached hydrogens (tertiary/aromatic N) is 6. The van der Waals surface area contributed by atoms with Gasteiger partial charge < -0.3 is 29.5 Å². The first-order chi connectivity index (χ1) is 19.8. The lowest BCUT2D eigenvalue weighted by Gasteiger charge is -2.54. The molecule has 10 nitrogen and oxygen atoms in total. The van der Waals surface area contributed by atoms with Crippen LogP contribution in [0.1, 0.15) is 28.8 Å². The molecule has 41 heavy (non-hydrogen) atoms. The molecule has 1 aromatic heterocycles. The van der Waals surface area contributed by atoms with E-state index in [1.807, 2.05) is 36.2 Å². The molecule has 1 aliphatic carbocycles. The van der Waals surface area contributed by atoms with Crippen LogP contribution in [0.4, 0.5) is 17.3 Å². The van der Waals surface area contributed by atoms with Gasteiger partial charge in [-0.3, -0.25) is 9.69 Å². The van der Waals surface area contributed by atoms with Crippen molar-refractivity contribution in [1.29, 1.82) is 0 Å². The fourth-order valence-electron chi connectivity index (χ4n) is 6.19. The molecule has 4 aliphatic rings. The fourth-order valence-corrected chi connectivity index (χ4v) is 6.32. The molecule has 1 saturated carbocycles. The number of fused-ring (bicyclic) bond motifs is 2. The van der Waals surface area contributed by atoms with E-state index in [1.54, 1.807) is 13.2 Å². The summed E-state index contributed by atoms with van der Waals surface area (Å²) in [6.07, 6.45) is 3.41. The third-order valence-electron chi connectivity index (χ3n) is 9.13. The molecule has 0 atom stereocenters. The third kappa shape index (κ3) is 4.36. The molecule has 1 amide bonds. The van der Waals surface area contributed by atoms with Crippen molar-refractivity contribution in [3.8, 4) is 17.4 Å². The van der Waals surface area contributed by atoms with Gasteiger partial charge in [-0.15, -0.1) is 0 Å². The molecule has 3 aromatic rings. The Morgan fingerprint density at radius 3 is 2.59 bits per heavy atom. The molecule has 0 unspecified atom stereocenters. The quantitative estimate of drug-likeness (QED) is 0.425. The summed E-state index contributed by atoms with van der Waals surface area (Å²) in [6.45, 7) is 4.32. The molecular weight excluding hydrogens is 542 g/mol. The van der Waals surface area contributed by atoms with Gasteiger partial charge in [0.05, 0.1) is 30.1 Å². The summed E-state index contributed by atoms with van der Waals surface area (Å²) in [7, 11) is 7.80. The Morgan fingerprint density at radius 2 is 1.88 bits per heavy atom. The van der Waals surface area contributed by atoms with Gasteiger partial charge in [-0.25, -0.2) is 4.98 Å². The van der Waals surface area contributed by atoms with E-state index in [0.29, 0.717) is 35.1 Å². The lowest BCUT2D eigenvalue weighted by molar-refractivity contribution is 0.0173. The zero-order valence-electron chi connectivity index (χ0n) is 23.7. The van der Waals surface area contributed by atoms with E-state index in [4.69, 9.17) is 21.1 Å². The van der Waals surface area contributed by atoms with Gasteiger partial charge in [-0.1, -0.05) is 23.7 Å². The Balaban J connectivity index is 1.05. The minimum atomic E-state index is -0.197. The van der Waals surface area contributed by atoms with Crippen molar-refractivity contribution in [2.75, 3.05) is 64.6 Å². The van der Waals surface area contributed by atoms with Crippen LogP contribution in [-0.4, -0.2) is 97.1 Å². The zero-order chi connectivity index (χ0) is 28.5. The van der Waals surface area contributed by atoms with Crippen molar-refractivity contribution in [3.05, 3.63) is 58.7 Å². The van der Waals surface area contributed by atoms with Crippen LogP contribution >= 0.6 is 11.6 Å². The van der Waals surface area contributed by atoms with E-state index < -0.39 is 0 Å². The number of benzene rings is 2. The van der Waals surface area contributed by atoms with Crippen molar-refractivity contribution in [3.63, 3.8) is 0 Å². The predicted octanol–water partition coefficient (Wildman–Crippen LogP) is 4.18. The number of methoxy groups -OCH3 is 1. The number of anilines is 3. The van der Waals surface area contributed by atoms with E-state index in [-0.39, 0.29) is 22.3 Å². The van der Waals surface area contributed by atoms with Crippen molar-refractivity contribution in [1.82, 2.24) is 24.7 Å². The molecular formula is C30H34ClN7O3. The molecule has 3 aliphatic heterocycles. The number of likely N-dealkylation sites (N-methyl/N-ethyl adjacent to an activating group) is 1. The molecule has 7 rings (SSSR count). The first-order valence-electron chi connectivity index (χ1n) is 14.0. The van der Waals surface area contributed by atoms with Gasteiger partial charge in [0.15, 0.2) is 0 Å². The second kappa shape index (κ2) is 9.75. The molecule has 2 aromatic carbocycles. The monoisotopic (exact) mass is 575 g/mol. The highest BCUT2D eigenvalue weighted by molar-refractivity contribution is 6.31. The molecule has 214 valence electrons. The van der Waals surface area contributed by atoms with E-state index in [0.717, 1.165) is 56.0 Å². The summed E-state index contributed by atoms with van der Waals surface area (Å²) in [5.74, 6) is 1.57. The molecule has 2 saturated heterocycles. The number of hydrogen-bond donors (Lipinski definition) is 1. The maximum absolute atomic E-state index is 13.1. The van der Waals surface area contributed by atoms with Crippen molar-refractivity contribution in [2.24, 2.45) is 0 Å². The number of likely N-dealkylation sites (tertiary alicyclic amines) is 1. The Hall–Kier alpha value is -3.60. The number of carbonyl (C=O) groups is 1. The van der Waals surface area contributed by atoms with Crippen LogP contribution in [-0.2, 0) is 5.54 Å². The maximum atomic E-state index is 13.1. The highest BCUT2D eigenvalue weighted by Crippen LogP contribution is 2.57. The lowest BCUT2D eigenvalue weighted by atomic mass is 9.98. The summed E-state index contributed by atoms with van der Waals surface area (Å²) < 4.78 is 11.9. The Labute approximate surface area is 244 Å². The van der Waals surface area contributed by atoms with E-state index in [9.17, 15) is 4.79 Å². The number of carbonyl (C=O) groups excluding carboxylic acids is 1. The first kappa shape index (κ1) is 26.3. The molecule has 0 radical (unpaired) electrons. The second-order valence-corrected chi connectivity index (χ2v) is 12.1. The van der Waals surface area contributed by atoms with Crippen molar-refractivity contribution in [2.45, 2.75) is 30.5 Å². The highest BCUT2D eigenvalue weighted by atomic mass is 35.5. The topological polar surface area (TPSA) is 86.3 Å². The molecule has 3 fully saturated rings. The highest BCUT2D eigenvalue weighted by Gasteiger charge is 2.57. The van der Waals surface area contributed by atoms with Crippen molar-refractivity contribution < 1.29 is 14.3 Å². The van der Waals surface area contributed by atoms with Gasteiger partial charge in [0.2, 0.25) is 11.8 Å². The van der Waals surface area contributed by atoms with Gasteiger partial charge in [0, 0.05) is 57.1 Å².